The predicted octanol–water partition coefficient (Wildman–Crippen LogP) is 4.22. The Morgan fingerprint density at radius 2 is 1.58 bits per heavy atom. The molecule has 1 aliphatic carbocycles. The zero-order valence-electron chi connectivity index (χ0n) is 18.8. The molecule has 1 heterocycles. The number of hydrogen-bond acceptors (Lipinski definition) is 5. The lowest BCUT2D eigenvalue weighted by molar-refractivity contribution is 0.101. The molecule has 0 aliphatic heterocycles. The fraction of sp³-hybridized carbons (Fsp3) is 0.240. The maximum absolute atomic E-state index is 11.5. The van der Waals surface area contributed by atoms with Crippen LogP contribution in [0.5, 0.6) is 0 Å². The first-order chi connectivity index (χ1) is 15.9. The molecule has 168 valence electrons. The quantitative estimate of drug-likeness (QED) is 0.233. The molecule has 1 aliphatic rings. The van der Waals surface area contributed by atoms with Gasteiger partial charge in [0.2, 0.25) is 11.9 Å². The van der Waals surface area contributed by atoms with Crippen molar-refractivity contribution >= 4 is 40.7 Å². The molecule has 3 aromatic rings. The van der Waals surface area contributed by atoms with Crippen molar-refractivity contribution in [2.24, 2.45) is 4.99 Å². The van der Waals surface area contributed by atoms with Gasteiger partial charge >= 0.3 is 0 Å². The number of nitrogens with one attached hydrogen (secondary N) is 3. The van der Waals surface area contributed by atoms with Crippen molar-refractivity contribution < 1.29 is 4.79 Å². The normalized spacial score (nSPS) is 13.4. The van der Waals surface area contributed by atoms with E-state index in [-0.39, 0.29) is 11.8 Å². The van der Waals surface area contributed by atoms with Crippen molar-refractivity contribution in [3.63, 3.8) is 0 Å². The predicted molar refractivity (Wildman–Crippen MR) is 136 cm³/mol. The Balaban J connectivity index is 1.51. The fourth-order valence-corrected chi connectivity index (χ4v) is 4.07. The summed E-state index contributed by atoms with van der Waals surface area (Å²) in [6, 6.07) is 17.6. The van der Waals surface area contributed by atoms with Gasteiger partial charge < -0.3 is 10.6 Å². The van der Waals surface area contributed by atoms with Crippen LogP contribution in [0.3, 0.4) is 0 Å². The summed E-state index contributed by atoms with van der Waals surface area (Å²) in [5.41, 5.74) is 5.79. The molecule has 0 unspecified atom stereocenters. The van der Waals surface area contributed by atoms with E-state index in [2.05, 4.69) is 50.2 Å². The van der Waals surface area contributed by atoms with Crippen LogP contribution in [0.1, 0.15) is 39.8 Å². The fourth-order valence-electron chi connectivity index (χ4n) is 3.85. The highest BCUT2D eigenvalue weighted by atomic mass is 32.1. The summed E-state index contributed by atoms with van der Waals surface area (Å²) in [4.78, 5) is 25.3. The van der Waals surface area contributed by atoms with E-state index < -0.39 is 0 Å². The Morgan fingerprint density at radius 3 is 2.15 bits per heavy atom. The molecular weight excluding hydrogens is 432 g/mol. The van der Waals surface area contributed by atoms with Crippen LogP contribution >= 0.6 is 12.2 Å². The van der Waals surface area contributed by atoms with E-state index in [1.54, 1.807) is 19.1 Å². The van der Waals surface area contributed by atoms with Gasteiger partial charge in [0.05, 0.1) is 6.04 Å². The van der Waals surface area contributed by atoms with Gasteiger partial charge in [0.15, 0.2) is 10.9 Å². The molecule has 2 aromatic carbocycles. The van der Waals surface area contributed by atoms with Crippen molar-refractivity contribution in [2.75, 3.05) is 10.6 Å². The van der Waals surface area contributed by atoms with Gasteiger partial charge in [0.25, 0.3) is 0 Å². The summed E-state index contributed by atoms with van der Waals surface area (Å²) < 4.78 is 0. The number of fused-ring (bicyclic) bond motifs is 1. The molecule has 0 saturated carbocycles. The number of guanidine groups is 1. The average Bonchev–Trinajstić information content (AvgIpc) is 3.15. The van der Waals surface area contributed by atoms with Crippen LogP contribution in [0.25, 0.3) is 0 Å². The number of aromatic nitrogens is 2. The summed E-state index contributed by atoms with van der Waals surface area (Å²) in [5, 5.41) is 9.86. The summed E-state index contributed by atoms with van der Waals surface area (Å²) in [5.74, 6) is 0.963. The third-order valence-electron chi connectivity index (χ3n) is 5.33. The van der Waals surface area contributed by atoms with Gasteiger partial charge in [-0.2, -0.15) is 0 Å². The number of ketones is 1. The minimum Gasteiger partial charge on any atom is -0.332 e. The van der Waals surface area contributed by atoms with Crippen molar-refractivity contribution in [1.82, 2.24) is 15.3 Å². The van der Waals surface area contributed by atoms with Crippen LogP contribution in [-0.2, 0) is 12.8 Å². The number of carbonyl (C=O) groups is 1. The lowest BCUT2D eigenvalue weighted by Gasteiger charge is -2.16. The molecular formula is C25H26N6OS. The summed E-state index contributed by atoms with van der Waals surface area (Å²) in [7, 11) is 0. The third-order valence-corrected chi connectivity index (χ3v) is 5.54. The first kappa shape index (κ1) is 22.5. The number of rotatable bonds is 4. The first-order valence-corrected chi connectivity index (χ1v) is 11.2. The summed E-state index contributed by atoms with van der Waals surface area (Å²) in [6.45, 7) is 5.39. The van der Waals surface area contributed by atoms with E-state index in [0.29, 0.717) is 22.6 Å². The summed E-state index contributed by atoms with van der Waals surface area (Å²) >= 11 is 5.52. The number of anilines is 2. The van der Waals surface area contributed by atoms with E-state index in [0.717, 1.165) is 29.9 Å². The Hall–Kier alpha value is -3.65. The zero-order chi connectivity index (χ0) is 23.4. The van der Waals surface area contributed by atoms with Gasteiger partial charge in [0, 0.05) is 22.6 Å². The molecule has 1 aromatic heterocycles. The number of benzene rings is 2. The second-order valence-electron chi connectivity index (χ2n) is 8.12. The Labute approximate surface area is 198 Å². The standard InChI is InChI=1S/C25H26N6OS/c1-15-12-16(2)27-23(26-15)30-24(28-22-13-19-6-4-5-7-20(19)14-22)31-25(33)29-21-10-8-18(9-11-21)17(3)32/h4-12,22H,13-14H2,1-3H3,(H3,26,27,28,29,30,31,33). The van der Waals surface area contributed by atoms with E-state index in [1.165, 1.54) is 11.1 Å². The van der Waals surface area contributed by atoms with Crippen molar-refractivity contribution in [2.45, 2.75) is 39.7 Å². The Bertz CT molecular complexity index is 1180. The molecule has 8 heteroatoms. The monoisotopic (exact) mass is 458 g/mol. The highest BCUT2D eigenvalue weighted by Gasteiger charge is 2.21. The molecule has 7 nitrogen and oxygen atoms in total. The number of aryl methyl sites for hydroxylation is 2. The maximum atomic E-state index is 11.5. The highest BCUT2D eigenvalue weighted by molar-refractivity contribution is 7.80. The Kier molecular flexibility index (Phi) is 6.74. The van der Waals surface area contributed by atoms with Crippen molar-refractivity contribution in [3.8, 4) is 0 Å². The third kappa shape index (κ3) is 5.98. The molecule has 0 amide bonds. The molecule has 0 saturated heterocycles. The maximum Gasteiger partial charge on any atom is 0.229 e. The Morgan fingerprint density at radius 1 is 0.970 bits per heavy atom. The average molecular weight is 459 g/mol. The molecule has 0 spiro atoms. The van der Waals surface area contributed by atoms with Crippen molar-refractivity contribution in [3.05, 3.63) is 82.7 Å². The van der Waals surface area contributed by atoms with Crippen LogP contribution in [0.2, 0.25) is 0 Å². The summed E-state index contributed by atoms with van der Waals surface area (Å²) in [6.07, 6.45) is 1.73. The minimum atomic E-state index is 0.0203. The molecule has 3 N–H and O–H groups in total. The van der Waals surface area contributed by atoms with E-state index in [4.69, 9.17) is 17.2 Å². The number of aliphatic imine (C=N–C) groups is 1. The van der Waals surface area contributed by atoms with Crippen LogP contribution < -0.4 is 16.0 Å². The van der Waals surface area contributed by atoms with E-state index in [1.807, 2.05) is 32.0 Å². The molecule has 0 atom stereocenters. The second kappa shape index (κ2) is 9.87. The molecule has 0 radical (unpaired) electrons. The lowest BCUT2D eigenvalue weighted by atomic mass is 10.1. The molecule has 0 fully saturated rings. The van der Waals surface area contributed by atoms with Crippen LogP contribution in [0.4, 0.5) is 11.6 Å². The van der Waals surface area contributed by atoms with Gasteiger partial charge in [0.1, 0.15) is 0 Å². The molecule has 0 bridgehead atoms. The van der Waals surface area contributed by atoms with E-state index in [9.17, 15) is 4.79 Å². The number of carbonyl (C=O) groups excluding carboxylic acids is 1. The number of Topliss-reactive ketones (excluding diaryl/α,β-unsaturated/α-hetero) is 1. The van der Waals surface area contributed by atoms with Gasteiger partial charge in [-0.15, -0.1) is 0 Å². The second-order valence-corrected chi connectivity index (χ2v) is 8.53. The zero-order valence-corrected chi connectivity index (χ0v) is 19.7. The van der Waals surface area contributed by atoms with Gasteiger partial charge in [-0.25, -0.2) is 15.0 Å². The van der Waals surface area contributed by atoms with Crippen molar-refractivity contribution in [1.29, 1.82) is 0 Å². The number of thiocarbonyl (C=S) groups is 1. The largest absolute Gasteiger partial charge is 0.332 e. The smallest absolute Gasteiger partial charge is 0.229 e. The first-order valence-electron chi connectivity index (χ1n) is 10.8. The number of nitrogens with zero attached hydrogens (tertiary/aromatic N) is 3. The van der Waals surface area contributed by atoms with Crippen LogP contribution in [-0.4, -0.2) is 32.9 Å². The van der Waals surface area contributed by atoms with Gasteiger partial charge in [-0.1, -0.05) is 24.3 Å². The number of hydrogen-bond donors (Lipinski definition) is 3. The highest BCUT2D eigenvalue weighted by Crippen LogP contribution is 2.24. The molecule has 33 heavy (non-hydrogen) atoms. The SMILES string of the molecule is CC(=O)c1ccc(NC(=S)NC(=NC2Cc3ccccc3C2)Nc2nc(C)cc(C)n2)cc1. The van der Waals surface area contributed by atoms with Gasteiger partial charge in [-0.05, 0) is 87.3 Å². The lowest BCUT2D eigenvalue weighted by Crippen LogP contribution is -2.40. The molecule has 4 rings (SSSR count). The van der Waals surface area contributed by atoms with Gasteiger partial charge in [-0.3, -0.25) is 10.1 Å². The topological polar surface area (TPSA) is 91.3 Å². The van der Waals surface area contributed by atoms with Crippen LogP contribution in [0, 0.1) is 13.8 Å². The van der Waals surface area contributed by atoms with Crippen LogP contribution in [0.15, 0.2) is 59.6 Å². The van der Waals surface area contributed by atoms with E-state index >= 15 is 0 Å². The minimum absolute atomic E-state index is 0.0203.